The first-order chi connectivity index (χ1) is 9.41. The van der Waals surface area contributed by atoms with Crippen LogP contribution in [0.1, 0.15) is 44.7 Å². The minimum Gasteiger partial charge on any atom is -0.490 e. The zero-order valence-corrected chi connectivity index (χ0v) is 13.3. The van der Waals surface area contributed by atoms with Crippen LogP contribution in [0.25, 0.3) is 0 Å². The summed E-state index contributed by atoms with van der Waals surface area (Å²) in [5.41, 5.74) is 1.86. The Hall–Kier alpha value is -1.53. The van der Waals surface area contributed by atoms with E-state index < -0.39 is 5.54 Å². The molecule has 110 valence electrons. The van der Waals surface area contributed by atoms with E-state index in [1.54, 1.807) is 0 Å². The fourth-order valence-electron chi connectivity index (χ4n) is 2.24. The molecule has 0 aliphatic carbocycles. The summed E-state index contributed by atoms with van der Waals surface area (Å²) in [5.74, 6) is 0.910. The van der Waals surface area contributed by atoms with Gasteiger partial charge < -0.3 is 4.74 Å². The minimum absolute atomic E-state index is 0.00972. The summed E-state index contributed by atoms with van der Waals surface area (Å²) < 4.78 is 6.01. The van der Waals surface area contributed by atoms with Gasteiger partial charge in [-0.15, -0.1) is 0 Å². The Morgan fingerprint density at radius 3 is 2.70 bits per heavy atom. The van der Waals surface area contributed by atoms with Crippen molar-refractivity contribution in [3.63, 3.8) is 0 Å². The Morgan fingerprint density at radius 2 is 2.10 bits per heavy atom. The molecule has 0 aromatic heterocycles. The fourth-order valence-corrected chi connectivity index (χ4v) is 2.24. The molecule has 0 bridgehead atoms. The van der Waals surface area contributed by atoms with Crippen molar-refractivity contribution in [2.45, 2.75) is 59.1 Å². The molecule has 0 aliphatic rings. The van der Waals surface area contributed by atoms with Crippen molar-refractivity contribution >= 4 is 0 Å². The Labute approximate surface area is 123 Å². The van der Waals surface area contributed by atoms with Gasteiger partial charge in [-0.1, -0.05) is 19.1 Å². The average molecular weight is 274 g/mol. The van der Waals surface area contributed by atoms with E-state index in [9.17, 15) is 5.26 Å². The zero-order chi connectivity index (χ0) is 15.2. The van der Waals surface area contributed by atoms with Crippen LogP contribution in [-0.4, -0.2) is 18.2 Å². The molecular weight excluding hydrogens is 248 g/mol. The van der Waals surface area contributed by atoms with Crippen LogP contribution in [0, 0.1) is 25.2 Å². The topological polar surface area (TPSA) is 45.0 Å². The monoisotopic (exact) mass is 274 g/mol. The van der Waals surface area contributed by atoms with E-state index in [2.05, 4.69) is 38.2 Å². The van der Waals surface area contributed by atoms with Gasteiger partial charge in [0.05, 0.1) is 12.2 Å². The molecule has 1 aromatic carbocycles. The Morgan fingerprint density at radius 1 is 1.40 bits per heavy atom. The molecule has 1 N–H and O–H groups in total. The fraction of sp³-hybridized carbons (Fsp3) is 0.588. The second kappa shape index (κ2) is 7.31. The van der Waals surface area contributed by atoms with Crippen LogP contribution in [-0.2, 0) is 0 Å². The third kappa shape index (κ3) is 4.54. The van der Waals surface area contributed by atoms with Crippen LogP contribution in [0.2, 0.25) is 0 Å². The molecule has 20 heavy (non-hydrogen) atoms. The molecule has 0 amide bonds. The smallest absolute Gasteiger partial charge is 0.122 e. The number of benzene rings is 1. The maximum atomic E-state index is 9.36. The Kier molecular flexibility index (Phi) is 6.04. The van der Waals surface area contributed by atoms with Crippen LogP contribution < -0.4 is 10.1 Å². The van der Waals surface area contributed by atoms with Crippen LogP contribution in [0.5, 0.6) is 5.75 Å². The molecule has 2 unspecified atom stereocenters. The molecule has 0 heterocycles. The van der Waals surface area contributed by atoms with E-state index in [0.29, 0.717) is 6.42 Å². The molecule has 3 nitrogen and oxygen atoms in total. The predicted molar refractivity (Wildman–Crippen MR) is 82.9 cm³/mol. The molecule has 3 heteroatoms. The second-order valence-corrected chi connectivity index (χ2v) is 5.70. The standard InChI is InChI=1S/C17H26N2O/c1-6-10-19-17(5,12-18)11-14(3)20-16-9-7-8-13(2)15(16)4/h7-9,14,19H,6,10-11H2,1-5H3. The number of aryl methyl sites for hydroxylation is 1. The van der Waals surface area contributed by atoms with Gasteiger partial charge in [0.25, 0.3) is 0 Å². The lowest BCUT2D eigenvalue weighted by Gasteiger charge is -2.27. The molecule has 2 atom stereocenters. The van der Waals surface area contributed by atoms with Gasteiger partial charge in [0.1, 0.15) is 11.3 Å². The second-order valence-electron chi connectivity index (χ2n) is 5.70. The number of nitriles is 1. The lowest BCUT2D eigenvalue weighted by molar-refractivity contribution is 0.178. The molecular formula is C17H26N2O. The van der Waals surface area contributed by atoms with Gasteiger partial charge in [0, 0.05) is 6.42 Å². The van der Waals surface area contributed by atoms with Gasteiger partial charge in [0.15, 0.2) is 0 Å². The summed E-state index contributed by atoms with van der Waals surface area (Å²) in [6, 6.07) is 8.43. The van der Waals surface area contributed by atoms with Crippen molar-refractivity contribution in [3.05, 3.63) is 29.3 Å². The number of hydrogen-bond donors (Lipinski definition) is 1. The van der Waals surface area contributed by atoms with Gasteiger partial charge in [-0.2, -0.15) is 5.26 Å². The lowest BCUT2D eigenvalue weighted by atomic mass is 9.96. The summed E-state index contributed by atoms with van der Waals surface area (Å²) in [6.45, 7) is 11.0. The van der Waals surface area contributed by atoms with Crippen molar-refractivity contribution in [2.75, 3.05) is 6.54 Å². The van der Waals surface area contributed by atoms with E-state index in [4.69, 9.17) is 4.74 Å². The van der Waals surface area contributed by atoms with Gasteiger partial charge in [-0.05, 0) is 57.9 Å². The first kappa shape index (κ1) is 16.5. The van der Waals surface area contributed by atoms with Gasteiger partial charge in [-0.3, -0.25) is 5.32 Å². The minimum atomic E-state index is -0.535. The number of rotatable bonds is 7. The van der Waals surface area contributed by atoms with E-state index in [1.807, 2.05) is 26.0 Å². The number of ether oxygens (including phenoxy) is 1. The van der Waals surface area contributed by atoms with Crippen molar-refractivity contribution < 1.29 is 4.74 Å². The summed E-state index contributed by atoms with van der Waals surface area (Å²) in [7, 11) is 0. The maximum absolute atomic E-state index is 9.36. The maximum Gasteiger partial charge on any atom is 0.122 e. The summed E-state index contributed by atoms with van der Waals surface area (Å²) >= 11 is 0. The van der Waals surface area contributed by atoms with Gasteiger partial charge in [0.2, 0.25) is 0 Å². The predicted octanol–water partition coefficient (Wildman–Crippen LogP) is 3.74. The van der Waals surface area contributed by atoms with Crippen molar-refractivity contribution in [1.29, 1.82) is 5.26 Å². The van der Waals surface area contributed by atoms with Crippen LogP contribution in [0.15, 0.2) is 18.2 Å². The summed E-state index contributed by atoms with van der Waals surface area (Å²) in [4.78, 5) is 0. The van der Waals surface area contributed by atoms with E-state index in [-0.39, 0.29) is 6.10 Å². The molecule has 0 saturated heterocycles. The van der Waals surface area contributed by atoms with E-state index in [0.717, 1.165) is 18.7 Å². The SMILES string of the molecule is CCCNC(C)(C#N)CC(C)Oc1cccc(C)c1C. The molecule has 0 radical (unpaired) electrons. The first-order valence-corrected chi connectivity index (χ1v) is 7.31. The molecule has 1 aromatic rings. The van der Waals surface area contributed by atoms with Crippen molar-refractivity contribution in [3.8, 4) is 11.8 Å². The Bertz CT molecular complexity index is 478. The number of nitrogens with one attached hydrogen (secondary N) is 1. The van der Waals surface area contributed by atoms with Crippen LogP contribution >= 0.6 is 0 Å². The molecule has 0 spiro atoms. The summed E-state index contributed by atoms with van der Waals surface area (Å²) in [6.07, 6.45) is 1.67. The highest BCUT2D eigenvalue weighted by molar-refractivity contribution is 5.38. The lowest BCUT2D eigenvalue weighted by Crippen LogP contribution is -2.44. The molecule has 0 fully saturated rings. The molecule has 1 rings (SSSR count). The molecule has 0 saturated carbocycles. The Balaban J connectivity index is 2.69. The van der Waals surface area contributed by atoms with Crippen molar-refractivity contribution in [2.24, 2.45) is 0 Å². The summed E-state index contributed by atoms with van der Waals surface area (Å²) in [5, 5.41) is 12.7. The normalized spacial score (nSPS) is 15.2. The van der Waals surface area contributed by atoms with E-state index in [1.165, 1.54) is 11.1 Å². The van der Waals surface area contributed by atoms with Gasteiger partial charge >= 0.3 is 0 Å². The highest BCUT2D eigenvalue weighted by Crippen LogP contribution is 2.24. The highest BCUT2D eigenvalue weighted by atomic mass is 16.5. The number of nitrogens with zero attached hydrogens (tertiary/aromatic N) is 1. The largest absolute Gasteiger partial charge is 0.490 e. The first-order valence-electron chi connectivity index (χ1n) is 7.31. The quantitative estimate of drug-likeness (QED) is 0.823. The van der Waals surface area contributed by atoms with Crippen molar-refractivity contribution in [1.82, 2.24) is 5.32 Å². The third-order valence-corrected chi connectivity index (χ3v) is 3.59. The van der Waals surface area contributed by atoms with Gasteiger partial charge in [-0.25, -0.2) is 0 Å². The molecule has 0 aliphatic heterocycles. The highest BCUT2D eigenvalue weighted by Gasteiger charge is 2.26. The average Bonchev–Trinajstić information content (AvgIpc) is 2.41. The third-order valence-electron chi connectivity index (χ3n) is 3.59. The zero-order valence-electron chi connectivity index (χ0n) is 13.3. The van der Waals surface area contributed by atoms with Crippen LogP contribution in [0.4, 0.5) is 0 Å². The van der Waals surface area contributed by atoms with E-state index >= 15 is 0 Å². The number of hydrogen-bond acceptors (Lipinski definition) is 3. The van der Waals surface area contributed by atoms with Crippen LogP contribution in [0.3, 0.4) is 0 Å².